The fourth-order valence-corrected chi connectivity index (χ4v) is 3.04. The molecule has 0 fully saturated rings. The molecule has 1 atom stereocenters. The number of nitrogens with one attached hydrogen (secondary N) is 1. The molecule has 25 heavy (non-hydrogen) atoms. The van der Waals surface area contributed by atoms with Crippen LogP contribution in [0.15, 0.2) is 59.2 Å². The Labute approximate surface area is 149 Å². The Bertz CT molecular complexity index is 817. The number of aliphatic hydroxyl groups excluding tert-OH is 1. The fraction of sp³-hybridized carbons (Fsp3) is 0.364. The summed E-state index contributed by atoms with van der Waals surface area (Å²) in [5, 5.41) is 16.0. The van der Waals surface area contributed by atoms with Gasteiger partial charge in [-0.05, 0) is 39.2 Å². The van der Waals surface area contributed by atoms with Crippen LogP contribution in [0.3, 0.4) is 0 Å². The van der Waals surface area contributed by atoms with Crippen molar-refractivity contribution in [3.05, 3.63) is 71.7 Å². The predicted molar refractivity (Wildman–Crippen MR) is 103 cm³/mol. The molecular formula is C22H27NO2. The lowest BCUT2D eigenvalue weighted by molar-refractivity contribution is 0.137. The third-order valence-corrected chi connectivity index (χ3v) is 4.78. The van der Waals surface area contributed by atoms with Crippen LogP contribution in [0.1, 0.15) is 43.3 Å². The summed E-state index contributed by atoms with van der Waals surface area (Å²) in [6, 6.07) is 16.6. The average molecular weight is 337 g/mol. The molecule has 3 nitrogen and oxygen atoms in total. The first kappa shape index (κ1) is 17.7. The van der Waals surface area contributed by atoms with Crippen LogP contribution < -0.4 is 5.32 Å². The van der Waals surface area contributed by atoms with Gasteiger partial charge in [0, 0.05) is 22.9 Å². The lowest BCUT2D eigenvalue weighted by atomic mass is 9.94. The number of benzene rings is 2. The highest BCUT2D eigenvalue weighted by molar-refractivity contribution is 5.84. The Balaban J connectivity index is 1.56. The van der Waals surface area contributed by atoms with Crippen molar-refractivity contribution >= 4 is 10.8 Å². The van der Waals surface area contributed by atoms with E-state index >= 15 is 0 Å². The molecule has 0 saturated carbocycles. The summed E-state index contributed by atoms with van der Waals surface area (Å²) >= 11 is 0. The van der Waals surface area contributed by atoms with Gasteiger partial charge in [-0.3, -0.25) is 0 Å². The van der Waals surface area contributed by atoms with Crippen LogP contribution in [-0.4, -0.2) is 17.2 Å². The van der Waals surface area contributed by atoms with Crippen LogP contribution in [0.4, 0.5) is 0 Å². The van der Waals surface area contributed by atoms with Gasteiger partial charge in [-0.1, -0.05) is 54.1 Å². The van der Waals surface area contributed by atoms with Crippen molar-refractivity contribution in [2.24, 2.45) is 0 Å². The molecule has 3 aromatic rings. The zero-order valence-electron chi connectivity index (χ0n) is 15.3. The van der Waals surface area contributed by atoms with E-state index in [4.69, 9.17) is 4.42 Å². The van der Waals surface area contributed by atoms with Gasteiger partial charge in [0.15, 0.2) is 0 Å². The molecule has 0 bridgehead atoms. The van der Waals surface area contributed by atoms with E-state index in [9.17, 15) is 5.11 Å². The summed E-state index contributed by atoms with van der Waals surface area (Å²) in [5.74, 6) is 0.637. The van der Waals surface area contributed by atoms with Gasteiger partial charge < -0.3 is 14.8 Å². The molecule has 2 N–H and O–H groups in total. The predicted octanol–water partition coefficient (Wildman–Crippen LogP) is 4.78. The molecule has 0 amide bonds. The zero-order chi connectivity index (χ0) is 17.9. The molecule has 1 unspecified atom stereocenters. The summed E-state index contributed by atoms with van der Waals surface area (Å²) in [7, 11) is 0. The van der Waals surface area contributed by atoms with Gasteiger partial charge >= 0.3 is 0 Å². The minimum absolute atomic E-state index is 0.0612. The standard InChI is InChI=1S/C22H27NO2/c1-16-8-10-17(11-9-16)12-13-22(2,3)23-14-20(24)21-19-7-5-4-6-18(19)15-25-21/h4-11,15,20,23-24H,12-14H2,1-3H3. The smallest absolute Gasteiger partial charge is 0.141 e. The van der Waals surface area contributed by atoms with Crippen molar-refractivity contribution in [1.82, 2.24) is 5.32 Å². The normalized spacial score (nSPS) is 13.3. The van der Waals surface area contributed by atoms with Crippen LogP contribution >= 0.6 is 0 Å². The summed E-state index contributed by atoms with van der Waals surface area (Å²) in [6.45, 7) is 6.93. The van der Waals surface area contributed by atoms with E-state index in [1.165, 1.54) is 11.1 Å². The summed E-state index contributed by atoms with van der Waals surface area (Å²) in [6.07, 6.45) is 3.07. The molecule has 2 aromatic carbocycles. The zero-order valence-corrected chi connectivity index (χ0v) is 15.3. The fourth-order valence-electron chi connectivity index (χ4n) is 3.04. The van der Waals surface area contributed by atoms with Gasteiger partial charge in [-0.2, -0.15) is 0 Å². The van der Waals surface area contributed by atoms with Crippen molar-refractivity contribution in [3.8, 4) is 0 Å². The molecule has 0 radical (unpaired) electrons. The molecule has 0 aliphatic heterocycles. The molecule has 0 saturated heterocycles. The molecular weight excluding hydrogens is 310 g/mol. The van der Waals surface area contributed by atoms with E-state index in [1.807, 2.05) is 24.3 Å². The third-order valence-electron chi connectivity index (χ3n) is 4.78. The number of furan rings is 1. The van der Waals surface area contributed by atoms with Crippen LogP contribution in [0.2, 0.25) is 0 Å². The maximum Gasteiger partial charge on any atom is 0.141 e. The average Bonchev–Trinajstić information content (AvgIpc) is 3.03. The number of fused-ring (bicyclic) bond motifs is 1. The second-order valence-corrected chi connectivity index (χ2v) is 7.45. The van der Waals surface area contributed by atoms with E-state index in [-0.39, 0.29) is 5.54 Å². The van der Waals surface area contributed by atoms with Crippen LogP contribution in [0.25, 0.3) is 10.8 Å². The molecule has 0 aliphatic rings. The number of rotatable bonds is 7. The Kier molecular flexibility index (Phi) is 5.26. The second kappa shape index (κ2) is 7.42. The van der Waals surface area contributed by atoms with Crippen LogP contribution in [0.5, 0.6) is 0 Å². The van der Waals surface area contributed by atoms with Gasteiger partial charge in [0.2, 0.25) is 0 Å². The van der Waals surface area contributed by atoms with Gasteiger partial charge in [-0.15, -0.1) is 0 Å². The van der Waals surface area contributed by atoms with E-state index in [0.717, 1.165) is 23.6 Å². The van der Waals surface area contributed by atoms with Crippen molar-refractivity contribution in [1.29, 1.82) is 0 Å². The summed E-state index contributed by atoms with van der Waals surface area (Å²) in [5.41, 5.74) is 2.57. The second-order valence-electron chi connectivity index (χ2n) is 7.45. The molecule has 0 aliphatic carbocycles. The molecule has 132 valence electrons. The van der Waals surface area contributed by atoms with Gasteiger partial charge in [0.1, 0.15) is 11.9 Å². The van der Waals surface area contributed by atoms with Crippen molar-refractivity contribution in [2.45, 2.75) is 45.3 Å². The SMILES string of the molecule is Cc1ccc(CCC(C)(C)NCC(O)c2occ3ccccc23)cc1. The number of aliphatic hydroxyl groups is 1. The van der Waals surface area contributed by atoms with E-state index in [2.05, 4.69) is 50.4 Å². The minimum atomic E-state index is -0.654. The Hall–Kier alpha value is -2.10. The van der Waals surface area contributed by atoms with Crippen LogP contribution in [-0.2, 0) is 6.42 Å². The summed E-state index contributed by atoms with van der Waals surface area (Å²) in [4.78, 5) is 0. The quantitative estimate of drug-likeness (QED) is 0.652. The molecule has 1 heterocycles. The Morgan fingerprint density at radius 2 is 1.80 bits per heavy atom. The minimum Gasteiger partial charge on any atom is -0.465 e. The lowest BCUT2D eigenvalue weighted by Crippen LogP contribution is -2.41. The van der Waals surface area contributed by atoms with Gasteiger partial charge in [0.25, 0.3) is 0 Å². The molecule has 1 aromatic heterocycles. The van der Waals surface area contributed by atoms with E-state index < -0.39 is 6.10 Å². The maximum atomic E-state index is 10.5. The molecule has 3 rings (SSSR count). The third kappa shape index (κ3) is 4.50. The number of β-amino-alcohol motifs (C(OH)–C–C–N with tert-alkyl or cyclic N) is 1. The highest BCUT2D eigenvalue weighted by Gasteiger charge is 2.21. The van der Waals surface area contributed by atoms with Gasteiger partial charge in [0.05, 0.1) is 6.26 Å². The highest BCUT2D eigenvalue weighted by atomic mass is 16.4. The first-order chi connectivity index (χ1) is 11.9. The first-order valence-corrected chi connectivity index (χ1v) is 8.89. The molecule has 0 spiro atoms. The highest BCUT2D eigenvalue weighted by Crippen LogP contribution is 2.26. The summed E-state index contributed by atoms with van der Waals surface area (Å²) < 4.78 is 5.59. The van der Waals surface area contributed by atoms with Crippen molar-refractivity contribution in [3.63, 3.8) is 0 Å². The van der Waals surface area contributed by atoms with Crippen molar-refractivity contribution in [2.75, 3.05) is 6.54 Å². The maximum absolute atomic E-state index is 10.5. The first-order valence-electron chi connectivity index (χ1n) is 8.89. The molecule has 3 heteroatoms. The van der Waals surface area contributed by atoms with E-state index in [1.54, 1.807) is 6.26 Å². The largest absolute Gasteiger partial charge is 0.465 e. The topological polar surface area (TPSA) is 45.4 Å². The monoisotopic (exact) mass is 337 g/mol. The number of hydrogen-bond acceptors (Lipinski definition) is 3. The van der Waals surface area contributed by atoms with E-state index in [0.29, 0.717) is 12.3 Å². The Morgan fingerprint density at radius 3 is 2.56 bits per heavy atom. The number of aryl methyl sites for hydroxylation is 2. The van der Waals surface area contributed by atoms with Gasteiger partial charge in [-0.25, -0.2) is 0 Å². The Morgan fingerprint density at radius 1 is 1.08 bits per heavy atom. The van der Waals surface area contributed by atoms with Crippen LogP contribution in [0, 0.1) is 6.92 Å². The van der Waals surface area contributed by atoms with Crippen molar-refractivity contribution < 1.29 is 9.52 Å². The lowest BCUT2D eigenvalue weighted by Gasteiger charge is -2.27. The number of hydrogen-bond donors (Lipinski definition) is 2.